The van der Waals surface area contributed by atoms with Crippen LogP contribution in [-0.2, 0) is 4.74 Å². The fourth-order valence-electron chi connectivity index (χ4n) is 2.12. The summed E-state index contributed by atoms with van der Waals surface area (Å²) < 4.78 is 10.9. The van der Waals surface area contributed by atoms with E-state index in [4.69, 9.17) is 14.7 Å². The molecule has 0 radical (unpaired) electrons. The summed E-state index contributed by atoms with van der Waals surface area (Å²) in [5.74, 6) is 0.635. The SMILES string of the molecule is CCCCCOc1cccc(C(=O)NC2=C(C#N)CCO2)c1. The van der Waals surface area contributed by atoms with Crippen molar-refractivity contribution in [1.82, 2.24) is 5.32 Å². The largest absolute Gasteiger partial charge is 0.494 e. The number of benzene rings is 1. The van der Waals surface area contributed by atoms with E-state index >= 15 is 0 Å². The van der Waals surface area contributed by atoms with E-state index in [1.54, 1.807) is 18.2 Å². The molecule has 0 unspecified atom stereocenters. The molecule has 0 atom stereocenters. The zero-order valence-electron chi connectivity index (χ0n) is 12.7. The van der Waals surface area contributed by atoms with Gasteiger partial charge in [-0.1, -0.05) is 25.8 Å². The first-order valence-corrected chi connectivity index (χ1v) is 7.55. The number of carbonyl (C=O) groups excluding carboxylic acids is 1. The number of hydrogen-bond acceptors (Lipinski definition) is 4. The Labute approximate surface area is 130 Å². The lowest BCUT2D eigenvalue weighted by atomic mass is 10.2. The molecule has 1 aromatic rings. The molecule has 0 spiro atoms. The van der Waals surface area contributed by atoms with Crippen molar-refractivity contribution < 1.29 is 14.3 Å². The molecule has 0 saturated carbocycles. The number of carbonyl (C=O) groups is 1. The van der Waals surface area contributed by atoms with Crippen molar-refractivity contribution in [2.75, 3.05) is 13.2 Å². The maximum atomic E-state index is 12.2. The highest BCUT2D eigenvalue weighted by atomic mass is 16.5. The Morgan fingerprint density at radius 1 is 1.45 bits per heavy atom. The second kappa shape index (κ2) is 8.08. The maximum Gasteiger partial charge on any atom is 0.258 e. The zero-order valence-corrected chi connectivity index (χ0v) is 12.7. The summed E-state index contributed by atoms with van der Waals surface area (Å²) in [6, 6.07) is 9.04. The van der Waals surface area contributed by atoms with Crippen LogP contribution in [0, 0.1) is 11.3 Å². The highest BCUT2D eigenvalue weighted by molar-refractivity contribution is 5.95. The molecule has 1 N–H and O–H groups in total. The van der Waals surface area contributed by atoms with Gasteiger partial charge >= 0.3 is 0 Å². The van der Waals surface area contributed by atoms with E-state index in [2.05, 4.69) is 12.2 Å². The van der Waals surface area contributed by atoms with Crippen LogP contribution in [0.2, 0.25) is 0 Å². The van der Waals surface area contributed by atoms with Crippen LogP contribution in [0.15, 0.2) is 35.7 Å². The van der Waals surface area contributed by atoms with Crippen molar-refractivity contribution in [3.8, 4) is 11.8 Å². The van der Waals surface area contributed by atoms with Crippen LogP contribution < -0.4 is 10.1 Å². The Bertz CT molecular complexity index is 602. The summed E-state index contributed by atoms with van der Waals surface area (Å²) in [6.45, 7) is 3.21. The number of nitriles is 1. The summed E-state index contributed by atoms with van der Waals surface area (Å²) in [4.78, 5) is 12.2. The minimum Gasteiger partial charge on any atom is -0.494 e. The standard InChI is InChI=1S/C17H20N2O3/c1-2-3-4-9-21-15-7-5-6-13(11-15)16(20)19-17-14(12-18)8-10-22-17/h5-7,11H,2-4,8-10H2,1H3,(H,19,20). The normalized spacial score (nSPS) is 13.5. The molecule has 1 heterocycles. The number of amides is 1. The first kappa shape index (κ1) is 15.9. The molecule has 0 fully saturated rings. The van der Waals surface area contributed by atoms with E-state index in [9.17, 15) is 4.79 Å². The average molecular weight is 300 g/mol. The minimum atomic E-state index is -0.302. The first-order valence-electron chi connectivity index (χ1n) is 7.55. The fraction of sp³-hybridized carbons (Fsp3) is 0.412. The number of nitrogens with zero attached hydrogens (tertiary/aromatic N) is 1. The molecule has 5 heteroatoms. The minimum absolute atomic E-state index is 0.266. The van der Waals surface area contributed by atoms with Crippen molar-refractivity contribution in [2.24, 2.45) is 0 Å². The molecule has 1 aliphatic rings. The number of nitrogens with one attached hydrogen (secondary N) is 1. The smallest absolute Gasteiger partial charge is 0.258 e. The third kappa shape index (κ3) is 4.26. The Balaban J connectivity index is 1.97. The van der Waals surface area contributed by atoms with Gasteiger partial charge in [0.15, 0.2) is 0 Å². The van der Waals surface area contributed by atoms with Crippen LogP contribution in [0.4, 0.5) is 0 Å². The third-order valence-electron chi connectivity index (χ3n) is 3.35. The van der Waals surface area contributed by atoms with Crippen LogP contribution in [0.3, 0.4) is 0 Å². The van der Waals surface area contributed by atoms with Gasteiger partial charge in [0.2, 0.25) is 5.88 Å². The molecular weight excluding hydrogens is 280 g/mol. The predicted molar refractivity (Wildman–Crippen MR) is 82.1 cm³/mol. The van der Waals surface area contributed by atoms with Gasteiger partial charge in [-0.2, -0.15) is 5.26 Å². The molecule has 0 saturated heterocycles. The lowest BCUT2D eigenvalue weighted by Gasteiger charge is -2.09. The molecule has 0 bridgehead atoms. The number of rotatable bonds is 7. The van der Waals surface area contributed by atoms with Gasteiger partial charge in [0.1, 0.15) is 11.8 Å². The second-order valence-corrected chi connectivity index (χ2v) is 5.06. The Morgan fingerprint density at radius 2 is 2.32 bits per heavy atom. The summed E-state index contributed by atoms with van der Waals surface area (Å²) >= 11 is 0. The van der Waals surface area contributed by atoms with Gasteiger partial charge in [0.25, 0.3) is 5.91 Å². The van der Waals surface area contributed by atoms with Gasteiger partial charge in [-0.3, -0.25) is 10.1 Å². The number of hydrogen-bond donors (Lipinski definition) is 1. The second-order valence-electron chi connectivity index (χ2n) is 5.06. The van der Waals surface area contributed by atoms with Gasteiger partial charge in [-0.25, -0.2) is 0 Å². The molecule has 2 rings (SSSR count). The maximum absolute atomic E-state index is 12.2. The van der Waals surface area contributed by atoms with Crippen molar-refractivity contribution in [3.63, 3.8) is 0 Å². The first-order chi connectivity index (χ1) is 10.7. The molecule has 1 aromatic carbocycles. The molecule has 0 aliphatic carbocycles. The van der Waals surface area contributed by atoms with E-state index in [0.29, 0.717) is 36.5 Å². The third-order valence-corrected chi connectivity index (χ3v) is 3.35. The lowest BCUT2D eigenvalue weighted by Crippen LogP contribution is -2.23. The molecule has 116 valence electrons. The quantitative estimate of drug-likeness (QED) is 0.785. The van der Waals surface area contributed by atoms with Gasteiger partial charge in [-0.05, 0) is 24.6 Å². The predicted octanol–water partition coefficient (Wildman–Crippen LogP) is 3.14. The summed E-state index contributed by atoms with van der Waals surface area (Å²) in [7, 11) is 0. The van der Waals surface area contributed by atoms with Crippen molar-refractivity contribution >= 4 is 5.91 Å². The highest BCUT2D eigenvalue weighted by Crippen LogP contribution is 2.18. The van der Waals surface area contributed by atoms with Crippen LogP contribution in [0.5, 0.6) is 5.75 Å². The molecular formula is C17H20N2O3. The van der Waals surface area contributed by atoms with Gasteiger partial charge in [0.05, 0.1) is 18.8 Å². The molecule has 5 nitrogen and oxygen atoms in total. The molecule has 0 aromatic heterocycles. The highest BCUT2D eigenvalue weighted by Gasteiger charge is 2.19. The number of ether oxygens (including phenoxy) is 2. The van der Waals surface area contributed by atoms with Crippen LogP contribution in [-0.4, -0.2) is 19.1 Å². The van der Waals surface area contributed by atoms with Crippen LogP contribution in [0.25, 0.3) is 0 Å². The summed E-state index contributed by atoms with van der Waals surface area (Å²) in [5.41, 5.74) is 0.952. The molecule has 1 amide bonds. The summed E-state index contributed by atoms with van der Waals surface area (Å²) in [6.07, 6.45) is 3.80. The summed E-state index contributed by atoms with van der Waals surface area (Å²) in [5, 5.41) is 11.6. The van der Waals surface area contributed by atoms with Crippen LogP contribution >= 0.6 is 0 Å². The Morgan fingerprint density at radius 3 is 3.09 bits per heavy atom. The van der Waals surface area contributed by atoms with E-state index in [1.807, 2.05) is 12.1 Å². The fourth-order valence-corrected chi connectivity index (χ4v) is 2.12. The topological polar surface area (TPSA) is 71.3 Å². The van der Waals surface area contributed by atoms with E-state index < -0.39 is 0 Å². The Kier molecular flexibility index (Phi) is 5.84. The molecule has 22 heavy (non-hydrogen) atoms. The van der Waals surface area contributed by atoms with Crippen molar-refractivity contribution in [3.05, 3.63) is 41.3 Å². The molecule has 1 aliphatic heterocycles. The Hall–Kier alpha value is -2.48. The van der Waals surface area contributed by atoms with Gasteiger partial charge in [-0.15, -0.1) is 0 Å². The van der Waals surface area contributed by atoms with E-state index in [0.717, 1.165) is 19.3 Å². The van der Waals surface area contributed by atoms with Crippen LogP contribution in [0.1, 0.15) is 43.0 Å². The van der Waals surface area contributed by atoms with Crippen molar-refractivity contribution in [2.45, 2.75) is 32.6 Å². The number of unbranched alkanes of at least 4 members (excludes halogenated alkanes) is 2. The van der Waals surface area contributed by atoms with E-state index in [1.165, 1.54) is 0 Å². The average Bonchev–Trinajstić information content (AvgIpc) is 2.99. The van der Waals surface area contributed by atoms with Gasteiger partial charge in [0, 0.05) is 12.0 Å². The van der Waals surface area contributed by atoms with Crippen molar-refractivity contribution in [1.29, 1.82) is 5.26 Å². The van der Waals surface area contributed by atoms with E-state index in [-0.39, 0.29) is 11.8 Å². The monoisotopic (exact) mass is 300 g/mol. The van der Waals surface area contributed by atoms with Gasteiger partial charge < -0.3 is 9.47 Å². The zero-order chi connectivity index (χ0) is 15.8. The lowest BCUT2D eigenvalue weighted by molar-refractivity contribution is 0.0930.